The van der Waals surface area contributed by atoms with Gasteiger partial charge in [-0.3, -0.25) is 0 Å². The fourth-order valence-corrected chi connectivity index (χ4v) is 3.13. The third kappa shape index (κ3) is 2.17. The van der Waals surface area contributed by atoms with Gasteiger partial charge >= 0.3 is 0 Å². The van der Waals surface area contributed by atoms with E-state index in [1.165, 1.54) is 6.92 Å². The van der Waals surface area contributed by atoms with E-state index in [1.807, 2.05) is 0 Å². The molecule has 0 spiro atoms. The number of nitrogens with two attached hydrogens (primary N) is 1. The molecule has 1 rings (SSSR count). The van der Waals surface area contributed by atoms with Crippen LogP contribution in [0.1, 0.15) is 18.1 Å². The summed E-state index contributed by atoms with van der Waals surface area (Å²) >= 11 is 0. The van der Waals surface area contributed by atoms with Gasteiger partial charge in [0.25, 0.3) is 0 Å². The summed E-state index contributed by atoms with van der Waals surface area (Å²) < 4.78 is 39.3. The molecule has 0 aliphatic rings. The van der Waals surface area contributed by atoms with Crippen molar-refractivity contribution in [3.05, 3.63) is 23.0 Å². The Morgan fingerprint density at radius 1 is 1.44 bits per heavy atom. The van der Waals surface area contributed by atoms with Crippen molar-refractivity contribution in [1.82, 2.24) is 4.72 Å². The first-order chi connectivity index (χ1) is 7.31. The van der Waals surface area contributed by atoms with Crippen molar-refractivity contribution in [1.29, 1.82) is 0 Å². The summed E-state index contributed by atoms with van der Waals surface area (Å²) in [5.74, 6) is -0.592. The van der Waals surface area contributed by atoms with Crippen LogP contribution in [0.25, 0.3) is 0 Å². The molecule has 0 aliphatic carbocycles. The van der Waals surface area contributed by atoms with Crippen LogP contribution < -0.4 is 10.5 Å². The van der Waals surface area contributed by atoms with Crippen molar-refractivity contribution < 1.29 is 12.8 Å². The van der Waals surface area contributed by atoms with Gasteiger partial charge in [-0.15, -0.1) is 0 Å². The Morgan fingerprint density at radius 3 is 2.50 bits per heavy atom. The number of nitrogens with one attached hydrogen (secondary N) is 1. The largest absolute Gasteiger partial charge is 0.396 e. The lowest BCUT2D eigenvalue weighted by atomic mass is 10.1. The van der Waals surface area contributed by atoms with Crippen molar-refractivity contribution in [2.75, 3.05) is 12.3 Å². The van der Waals surface area contributed by atoms with E-state index in [2.05, 4.69) is 4.72 Å². The lowest BCUT2D eigenvalue weighted by molar-refractivity contribution is 0.581. The molecule has 0 aromatic heterocycles. The smallest absolute Gasteiger partial charge is 0.241 e. The average molecular weight is 246 g/mol. The lowest BCUT2D eigenvalue weighted by Crippen LogP contribution is -2.25. The monoisotopic (exact) mass is 246 g/mol. The molecule has 1 aromatic rings. The van der Waals surface area contributed by atoms with Crippen molar-refractivity contribution >= 4 is 15.7 Å². The summed E-state index contributed by atoms with van der Waals surface area (Å²) in [6.45, 7) is 4.99. The quantitative estimate of drug-likeness (QED) is 0.790. The first-order valence-corrected chi connectivity index (χ1v) is 6.34. The molecule has 4 nitrogen and oxygen atoms in total. The summed E-state index contributed by atoms with van der Waals surface area (Å²) in [7, 11) is -3.61. The van der Waals surface area contributed by atoms with E-state index in [-0.39, 0.29) is 22.7 Å². The van der Waals surface area contributed by atoms with Crippen LogP contribution in [0.5, 0.6) is 0 Å². The van der Waals surface area contributed by atoms with Gasteiger partial charge < -0.3 is 5.73 Å². The molecule has 0 amide bonds. The minimum atomic E-state index is -3.61. The highest BCUT2D eigenvalue weighted by molar-refractivity contribution is 7.89. The zero-order valence-electron chi connectivity index (χ0n) is 9.46. The van der Waals surface area contributed by atoms with Gasteiger partial charge in [0.05, 0.1) is 10.6 Å². The van der Waals surface area contributed by atoms with Gasteiger partial charge in [-0.1, -0.05) is 6.92 Å². The maximum Gasteiger partial charge on any atom is 0.241 e. The van der Waals surface area contributed by atoms with Crippen LogP contribution in [0, 0.1) is 19.7 Å². The fraction of sp³-hybridized carbons (Fsp3) is 0.400. The second-order valence-electron chi connectivity index (χ2n) is 3.54. The molecule has 1 aromatic carbocycles. The van der Waals surface area contributed by atoms with E-state index in [0.717, 1.165) is 6.07 Å². The molecule has 0 saturated carbocycles. The number of nitrogen functional groups attached to an aromatic ring is 1. The Morgan fingerprint density at radius 2 is 2.00 bits per heavy atom. The van der Waals surface area contributed by atoms with Crippen molar-refractivity contribution in [2.24, 2.45) is 0 Å². The molecular weight excluding hydrogens is 231 g/mol. The van der Waals surface area contributed by atoms with Crippen LogP contribution >= 0.6 is 0 Å². The average Bonchev–Trinajstić information content (AvgIpc) is 2.13. The van der Waals surface area contributed by atoms with Crippen LogP contribution in [-0.4, -0.2) is 15.0 Å². The Kier molecular flexibility index (Phi) is 3.54. The number of anilines is 1. The van der Waals surface area contributed by atoms with Gasteiger partial charge in [0.1, 0.15) is 5.82 Å². The number of halogens is 1. The molecule has 90 valence electrons. The Labute approximate surface area is 94.7 Å². The van der Waals surface area contributed by atoms with Gasteiger partial charge in [-0.25, -0.2) is 17.5 Å². The van der Waals surface area contributed by atoms with E-state index in [1.54, 1.807) is 13.8 Å². The minimum absolute atomic E-state index is 0.0632. The highest BCUT2D eigenvalue weighted by Gasteiger charge is 2.21. The first-order valence-electron chi connectivity index (χ1n) is 4.86. The maximum absolute atomic E-state index is 13.3. The zero-order chi connectivity index (χ0) is 12.5. The number of aryl methyl sites for hydroxylation is 1. The molecule has 0 heterocycles. The molecule has 0 atom stereocenters. The molecule has 0 saturated heterocycles. The number of hydrogen-bond acceptors (Lipinski definition) is 3. The van der Waals surface area contributed by atoms with Gasteiger partial charge in [-0.05, 0) is 31.0 Å². The molecule has 16 heavy (non-hydrogen) atoms. The number of hydrogen-bond donors (Lipinski definition) is 2. The van der Waals surface area contributed by atoms with Gasteiger partial charge in [0.2, 0.25) is 10.0 Å². The Bertz CT molecular complexity index is 512. The number of benzene rings is 1. The molecular formula is C10H15FN2O2S. The normalized spacial score (nSPS) is 11.8. The topological polar surface area (TPSA) is 72.2 Å². The van der Waals surface area contributed by atoms with Crippen molar-refractivity contribution in [3.63, 3.8) is 0 Å². The summed E-state index contributed by atoms with van der Waals surface area (Å²) in [6.07, 6.45) is 0. The molecule has 0 bridgehead atoms. The molecule has 0 fully saturated rings. The summed E-state index contributed by atoms with van der Waals surface area (Å²) in [5, 5.41) is 0. The third-order valence-electron chi connectivity index (χ3n) is 2.31. The van der Waals surface area contributed by atoms with E-state index < -0.39 is 15.8 Å². The predicted molar refractivity (Wildman–Crippen MR) is 61.1 cm³/mol. The van der Waals surface area contributed by atoms with Gasteiger partial charge in [-0.2, -0.15) is 0 Å². The van der Waals surface area contributed by atoms with Crippen LogP contribution in [-0.2, 0) is 10.0 Å². The van der Waals surface area contributed by atoms with Crippen LogP contribution in [0.4, 0.5) is 10.1 Å². The molecule has 3 N–H and O–H groups in total. The molecule has 0 radical (unpaired) electrons. The van der Waals surface area contributed by atoms with E-state index in [4.69, 9.17) is 5.73 Å². The van der Waals surface area contributed by atoms with E-state index >= 15 is 0 Å². The van der Waals surface area contributed by atoms with E-state index in [0.29, 0.717) is 5.56 Å². The second-order valence-corrected chi connectivity index (χ2v) is 5.25. The summed E-state index contributed by atoms with van der Waals surface area (Å²) in [6, 6.07) is 1.13. The number of rotatable bonds is 3. The van der Waals surface area contributed by atoms with Crippen LogP contribution in [0.15, 0.2) is 11.0 Å². The molecule has 6 heteroatoms. The molecule has 0 unspecified atom stereocenters. The Balaban J connectivity index is 3.52. The van der Waals surface area contributed by atoms with Crippen molar-refractivity contribution in [2.45, 2.75) is 25.7 Å². The van der Waals surface area contributed by atoms with Crippen molar-refractivity contribution in [3.8, 4) is 0 Å². The SMILES string of the molecule is CCNS(=O)(=O)c1c(C)cc(F)c(N)c1C. The number of sulfonamides is 1. The highest BCUT2D eigenvalue weighted by Crippen LogP contribution is 2.27. The predicted octanol–water partition coefficient (Wildman–Crippen LogP) is 1.32. The summed E-state index contributed by atoms with van der Waals surface area (Å²) in [5.41, 5.74) is 5.95. The standard InChI is InChI=1S/C10H15FN2O2S/c1-4-13-16(14,15)10-6(2)5-8(11)9(12)7(10)3/h5,13H,4,12H2,1-3H3. The van der Waals surface area contributed by atoms with Gasteiger partial charge in [0.15, 0.2) is 0 Å². The van der Waals surface area contributed by atoms with Crippen LogP contribution in [0.3, 0.4) is 0 Å². The maximum atomic E-state index is 13.3. The zero-order valence-corrected chi connectivity index (χ0v) is 10.3. The molecule has 0 aliphatic heterocycles. The van der Waals surface area contributed by atoms with Crippen LogP contribution in [0.2, 0.25) is 0 Å². The summed E-state index contributed by atoms with van der Waals surface area (Å²) in [4.78, 5) is 0.0632. The minimum Gasteiger partial charge on any atom is -0.396 e. The lowest BCUT2D eigenvalue weighted by Gasteiger charge is -2.13. The highest BCUT2D eigenvalue weighted by atomic mass is 32.2. The third-order valence-corrected chi connectivity index (χ3v) is 4.14. The Hall–Kier alpha value is -1.14. The van der Waals surface area contributed by atoms with E-state index in [9.17, 15) is 12.8 Å². The fourth-order valence-electron chi connectivity index (χ4n) is 1.61. The first kappa shape index (κ1) is 12.9. The van der Waals surface area contributed by atoms with Gasteiger partial charge in [0, 0.05) is 6.54 Å². The second kappa shape index (κ2) is 4.39.